The van der Waals surface area contributed by atoms with Gasteiger partial charge >= 0.3 is 0 Å². The lowest BCUT2D eigenvalue weighted by Crippen LogP contribution is -2.14. The largest absolute Gasteiger partial charge is 0.294 e. The van der Waals surface area contributed by atoms with Gasteiger partial charge in [0.2, 0.25) is 0 Å². The van der Waals surface area contributed by atoms with Gasteiger partial charge in [-0.3, -0.25) is 9.89 Å². The van der Waals surface area contributed by atoms with E-state index in [2.05, 4.69) is 50.4 Å². The first-order valence-corrected chi connectivity index (χ1v) is 9.73. The standard InChI is InChI=1S/C21H21BrN2O/c22-19-9-6-15(7-10-19)14-2-1-3-16(5-4-14)21(25)17-8-11-20-18(12-17)13-23-24-20/h6-14,16H,1-5H2,(H,23,24)/t14-,16?/m0/s1. The average molecular weight is 397 g/mol. The van der Waals surface area contributed by atoms with Gasteiger partial charge in [-0.25, -0.2) is 0 Å². The molecule has 2 aromatic carbocycles. The predicted molar refractivity (Wildman–Crippen MR) is 104 cm³/mol. The van der Waals surface area contributed by atoms with Crippen molar-refractivity contribution >= 4 is 32.6 Å². The van der Waals surface area contributed by atoms with E-state index in [1.54, 1.807) is 6.20 Å². The quantitative estimate of drug-likeness (QED) is 0.444. The monoisotopic (exact) mass is 396 g/mol. The summed E-state index contributed by atoms with van der Waals surface area (Å²) in [6.45, 7) is 0. The van der Waals surface area contributed by atoms with Crippen molar-refractivity contribution in [1.29, 1.82) is 0 Å². The molecule has 2 atom stereocenters. The molecule has 0 saturated heterocycles. The third-order valence-corrected chi connectivity index (χ3v) is 5.93. The first kappa shape index (κ1) is 16.5. The van der Waals surface area contributed by atoms with Crippen LogP contribution >= 0.6 is 15.9 Å². The third-order valence-electron chi connectivity index (χ3n) is 5.41. The SMILES string of the molecule is O=C(c1ccc2[nH]ncc2c1)C1CCC[C@H](c2ccc(Br)cc2)CC1. The van der Waals surface area contributed by atoms with Crippen LogP contribution in [0, 0.1) is 5.92 Å². The topological polar surface area (TPSA) is 45.8 Å². The summed E-state index contributed by atoms with van der Waals surface area (Å²) in [6, 6.07) is 14.5. The fraction of sp³-hybridized carbons (Fsp3) is 0.333. The van der Waals surface area contributed by atoms with E-state index in [1.807, 2.05) is 18.2 Å². The highest BCUT2D eigenvalue weighted by Gasteiger charge is 2.25. The molecular weight excluding hydrogens is 376 g/mol. The summed E-state index contributed by atoms with van der Waals surface area (Å²) in [5.74, 6) is 1.01. The Balaban J connectivity index is 1.48. The van der Waals surface area contributed by atoms with Gasteiger partial charge in [0.25, 0.3) is 0 Å². The molecule has 0 bridgehead atoms. The molecule has 3 aromatic rings. The van der Waals surface area contributed by atoms with Gasteiger partial charge < -0.3 is 0 Å². The van der Waals surface area contributed by atoms with Crippen molar-refractivity contribution < 1.29 is 4.79 Å². The number of ketones is 1. The van der Waals surface area contributed by atoms with Gasteiger partial charge in [-0.1, -0.05) is 34.5 Å². The normalized spacial score (nSPS) is 21.2. The molecule has 1 heterocycles. The number of nitrogens with one attached hydrogen (secondary N) is 1. The van der Waals surface area contributed by atoms with Gasteiger partial charge in [-0.05, 0) is 67.5 Å². The zero-order valence-electron chi connectivity index (χ0n) is 14.0. The van der Waals surface area contributed by atoms with Crippen LogP contribution in [0.1, 0.15) is 53.9 Å². The van der Waals surface area contributed by atoms with Gasteiger partial charge in [-0.15, -0.1) is 0 Å². The van der Waals surface area contributed by atoms with Crippen LogP contribution in [-0.2, 0) is 0 Å². The van der Waals surface area contributed by atoms with Gasteiger partial charge in [0.1, 0.15) is 0 Å². The molecule has 25 heavy (non-hydrogen) atoms. The van der Waals surface area contributed by atoms with Crippen molar-refractivity contribution in [1.82, 2.24) is 10.2 Å². The molecule has 0 amide bonds. The number of fused-ring (bicyclic) bond motifs is 1. The van der Waals surface area contributed by atoms with Crippen molar-refractivity contribution in [2.45, 2.75) is 38.0 Å². The van der Waals surface area contributed by atoms with Gasteiger partial charge in [0, 0.05) is 21.3 Å². The highest BCUT2D eigenvalue weighted by Crippen LogP contribution is 2.36. The Labute approximate surface area is 156 Å². The highest BCUT2D eigenvalue weighted by molar-refractivity contribution is 9.10. The zero-order valence-corrected chi connectivity index (χ0v) is 15.6. The van der Waals surface area contributed by atoms with E-state index in [-0.39, 0.29) is 5.92 Å². The first-order chi connectivity index (χ1) is 12.2. The Kier molecular flexibility index (Phi) is 4.71. The predicted octanol–water partition coefficient (Wildman–Crippen LogP) is 5.87. The van der Waals surface area contributed by atoms with Gasteiger partial charge in [0.05, 0.1) is 11.7 Å². The second kappa shape index (κ2) is 7.12. The van der Waals surface area contributed by atoms with Crippen molar-refractivity contribution in [2.75, 3.05) is 0 Å². The third kappa shape index (κ3) is 3.54. The van der Waals surface area contributed by atoms with Crippen LogP contribution in [0.15, 0.2) is 53.1 Å². The van der Waals surface area contributed by atoms with Crippen LogP contribution in [0.5, 0.6) is 0 Å². The summed E-state index contributed by atoms with van der Waals surface area (Å²) in [6.07, 6.45) is 7.13. The molecule has 4 heteroatoms. The second-order valence-electron chi connectivity index (χ2n) is 6.99. The molecule has 1 fully saturated rings. The lowest BCUT2D eigenvalue weighted by atomic mass is 9.89. The molecule has 0 radical (unpaired) electrons. The number of halogens is 1. The van der Waals surface area contributed by atoms with E-state index in [0.717, 1.165) is 46.6 Å². The van der Waals surface area contributed by atoms with E-state index in [1.165, 1.54) is 12.0 Å². The highest BCUT2D eigenvalue weighted by atomic mass is 79.9. The number of benzene rings is 2. The Hall–Kier alpha value is -1.94. The fourth-order valence-electron chi connectivity index (χ4n) is 3.96. The smallest absolute Gasteiger partial charge is 0.165 e. The summed E-state index contributed by atoms with van der Waals surface area (Å²) in [5, 5.41) is 7.98. The lowest BCUT2D eigenvalue weighted by Gasteiger charge is -2.15. The number of aromatic amines is 1. The van der Waals surface area contributed by atoms with Gasteiger partial charge in [-0.2, -0.15) is 5.10 Å². The summed E-state index contributed by atoms with van der Waals surface area (Å²) >= 11 is 3.50. The number of carbonyl (C=O) groups excluding carboxylic acids is 1. The van der Waals surface area contributed by atoms with Crippen LogP contribution < -0.4 is 0 Å². The number of aromatic nitrogens is 2. The molecule has 1 N–H and O–H groups in total. The first-order valence-electron chi connectivity index (χ1n) is 8.93. The fourth-order valence-corrected chi connectivity index (χ4v) is 4.23. The van der Waals surface area contributed by atoms with Crippen LogP contribution in [0.4, 0.5) is 0 Å². The molecule has 1 aliphatic carbocycles. The minimum atomic E-state index is 0.143. The van der Waals surface area contributed by atoms with Crippen molar-refractivity contribution in [2.24, 2.45) is 5.92 Å². The van der Waals surface area contributed by atoms with Crippen LogP contribution in [-0.4, -0.2) is 16.0 Å². The second-order valence-corrected chi connectivity index (χ2v) is 7.91. The molecular formula is C21H21BrN2O. The number of carbonyl (C=O) groups is 1. The lowest BCUT2D eigenvalue weighted by molar-refractivity contribution is 0.0908. The summed E-state index contributed by atoms with van der Waals surface area (Å²) in [5.41, 5.74) is 3.20. The molecule has 4 rings (SSSR count). The Morgan fingerprint density at radius 1 is 1.04 bits per heavy atom. The van der Waals surface area contributed by atoms with Crippen LogP contribution in [0.2, 0.25) is 0 Å². The summed E-state index contributed by atoms with van der Waals surface area (Å²) in [7, 11) is 0. The maximum Gasteiger partial charge on any atom is 0.165 e. The minimum absolute atomic E-state index is 0.143. The molecule has 1 saturated carbocycles. The molecule has 0 aliphatic heterocycles. The molecule has 128 valence electrons. The maximum atomic E-state index is 13.0. The number of rotatable bonds is 3. The molecule has 0 spiro atoms. The number of Topliss-reactive ketones (excluding diaryl/α,β-unsaturated/α-hetero) is 1. The molecule has 1 aliphatic rings. The van der Waals surface area contributed by atoms with Crippen LogP contribution in [0.3, 0.4) is 0 Å². The van der Waals surface area contributed by atoms with E-state index in [9.17, 15) is 4.79 Å². The van der Waals surface area contributed by atoms with Crippen molar-refractivity contribution in [3.8, 4) is 0 Å². The van der Waals surface area contributed by atoms with Crippen molar-refractivity contribution in [3.63, 3.8) is 0 Å². The summed E-state index contributed by atoms with van der Waals surface area (Å²) < 4.78 is 1.12. The molecule has 1 unspecified atom stereocenters. The van der Waals surface area contributed by atoms with E-state index >= 15 is 0 Å². The van der Waals surface area contributed by atoms with E-state index < -0.39 is 0 Å². The number of hydrogen-bond acceptors (Lipinski definition) is 2. The van der Waals surface area contributed by atoms with Crippen molar-refractivity contribution in [3.05, 3.63) is 64.3 Å². The van der Waals surface area contributed by atoms with Crippen LogP contribution in [0.25, 0.3) is 10.9 Å². The maximum absolute atomic E-state index is 13.0. The Morgan fingerprint density at radius 2 is 1.88 bits per heavy atom. The number of H-pyrrole nitrogens is 1. The molecule has 3 nitrogen and oxygen atoms in total. The van der Waals surface area contributed by atoms with E-state index in [4.69, 9.17) is 0 Å². The minimum Gasteiger partial charge on any atom is -0.294 e. The number of nitrogens with zero attached hydrogens (tertiary/aromatic N) is 1. The molecule has 1 aromatic heterocycles. The van der Waals surface area contributed by atoms with E-state index in [0.29, 0.717) is 11.7 Å². The number of hydrogen-bond donors (Lipinski definition) is 1. The zero-order chi connectivity index (χ0) is 17.2. The average Bonchev–Trinajstić information content (AvgIpc) is 2.97. The van der Waals surface area contributed by atoms with Gasteiger partial charge in [0.15, 0.2) is 5.78 Å². The Bertz CT molecular complexity index is 884. The summed E-state index contributed by atoms with van der Waals surface area (Å²) in [4.78, 5) is 13.0. The Morgan fingerprint density at radius 3 is 2.72 bits per heavy atom.